The molecule has 0 aliphatic rings. The van der Waals surface area contributed by atoms with E-state index >= 15 is 0 Å². The second kappa shape index (κ2) is 5.03. The van der Waals surface area contributed by atoms with E-state index in [2.05, 4.69) is 5.32 Å². The van der Waals surface area contributed by atoms with Crippen molar-refractivity contribution in [2.75, 3.05) is 19.7 Å². The Bertz CT molecular complexity index is 76.4. The highest BCUT2D eigenvalue weighted by Gasteiger charge is 1.90. The minimum atomic E-state index is -0.432. The molecule has 0 aliphatic carbocycles. The average Bonchev–Trinajstić information content (AvgIpc) is 1.66. The van der Waals surface area contributed by atoms with Crippen LogP contribution in [0.5, 0.6) is 0 Å². The first-order valence-electron chi connectivity index (χ1n) is 2.27. The van der Waals surface area contributed by atoms with Gasteiger partial charge in [0, 0.05) is 6.54 Å². The molecular formula is C4H8ClNO2. The summed E-state index contributed by atoms with van der Waals surface area (Å²) < 4.78 is 0. The maximum absolute atomic E-state index is 9.94. The van der Waals surface area contributed by atoms with Gasteiger partial charge < -0.3 is 10.4 Å². The number of hydrogen-bond acceptors (Lipinski definition) is 3. The van der Waals surface area contributed by atoms with E-state index in [9.17, 15) is 4.79 Å². The van der Waals surface area contributed by atoms with Gasteiger partial charge in [0.15, 0.2) is 0 Å². The Morgan fingerprint density at radius 1 is 1.75 bits per heavy atom. The molecule has 8 heavy (non-hydrogen) atoms. The number of carbonyl (C=O) groups is 1. The van der Waals surface area contributed by atoms with E-state index in [1.807, 2.05) is 0 Å². The van der Waals surface area contributed by atoms with Crippen molar-refractivity contribution >= 4 is 16.8 Å². The van der Waals surface area contributed by atoms with E-state index in [-0.39, 0.29) is 13.2 Å². The molecule has 4 heteroatoms. The van der Waals surface area contributed by atoms with Crippen LogP contribution in [0.25, 0.3) is 0 Å². The van der Waals surface area contributed by atoms with E-state index in [4.69, 9.17) is 16.7 Å². The van der Waals surface area contributed by atoms with Crippen LogP contribution in [0.4, 0.5) is 0 Å². The minimum absolute atomic E-state index is 0.0319. The van der Waals surface area contributed by atoms with Crippen molar-refractivity contribution in [1.29, 1.82) is 0 Å². The highest BCUT2D eigenvalue weighted by Crippen LogP contribution is 1.73. The standard InChI is InChI=1S/C4H8ClNO2/c5-4(8)3-6-1-2-7/h6-7H,1-3H2. The fourth-order valence-corrected chi connectivity index (χ4v) is 0.360. The molecule has 0 radical (unpaired) electrons. The monoisotopic (exact) mass is 137 g/mol. The van der Waals surface area contributed by atoms with Gasteiger partial charge in [0.1, 0.15) is 0 Å². The van der Waals surface area contributed by atoms with Crippen molar-refractivity contribution in [2.24, 2.45) is 0 Å². The molecule has 0 spiro atoms. The average molecular weight is 138 g/mol. The lowest BCUT2D eigenvalue weighted by atomic mass is 10.6. The van der Waals surface area contributed by atoms with Gasteiger partial charge >= 0.3 is 0 Å². The van der Waals surface area contributed by atoms with Gasteiger partial charge in [0.05, 0.1) is 13.2 Å². The molecule has 0 aromatic rings. The molecule has 0 aromatic carbocycles. The molecule has 2 N–H and O–H groups in total. The van der Waals surface area contributed by atoms with E-state index in [1.54, 1.807) is 0 Å². The van der Waals surface area contributed by atoms with Gasteiger partial charge in [-0.25, -0.2) is 0 Å². The fraction of sp³-hybridized carbons (Fsp3) is 0.750. The number of rotatable bonds is 4. The van der Waals surface area contributed by atoms with E-state index in [0.717, 1.165) is 0 Å². The Balaban J connectivity index is 2.82. The van der Waals surface area contributed by atoms with Crippen molar-refractivity contribution in [2.45, 2.75) is 0 Å². The third-order valence-corrected chi connectivity index (χ3v) is 0.686. The summed E-state index contributed by atoms with van der Waals surface area (Å²) in [7, 11) is 0. The normalized spacial score (nSPS) is 9.25. The Morgan fingerprint density at radius 2 is 2.38 bits per heavy atom. The lowest BCUT2D eigenvalue weighted by Crippen LogP contribution is -2.22. The van der Waals surface area contributed by atoms with Crippen molar-refractivity contribution in [3.8, 4) is 0 Å². The van der Waals surface area contributed by atoms with Gasteiger partial charge in [0.25, 0.3) is 0 Å². The first-order valence-corrected chi connectivity index (χ1v) is 2.65. The van der Waals surface area contributed by atoms with Crippen molar-refractivity contribution in [3.63, 3.8) is 0 Å². The number of carbonyl (C=O) groups excluding carboxylic acids is 1. The van der Waals surface area contributed by atoms with Crippen LogP contribution in [-0.2, 0) is 4.79 Å². The number of aliphatic hydroxyl groups is 1. The van der Waals surface area contributed by atoms with Gasteiger partial charge in [-0.15, -0.1) is 0 Å². The Hall–Kier alpha value is -0.120. The summed E-state index contributed by atoms with van der Waals surface area (Å²) in [4.78, 5) is 9.94. The fourth-order valence-electron chi connectivity index (χ4n) is 0.266. The van der Waals surface area contributed by atoms with Gasteiger partial charge in [-0.2, -0.15) is 0 Å². The second-order valence-electron chi connectivity index (χ2n) is 1.26. The van der Waals surface area contributed by atoms with Gasteiger partial charge in [0.2, 0.25) is 5.24 Å². The quantitative estimate of drug-likeness (QED) is 0.399. The Labute approximate surface area is 52.6 Å². The molecule has 48 valence electrons. The maximum atomic E-state index is 9.94. The molecule has 0 unspecified atom stereocenters. The van der Waals surface area contributed by atoms with E-state index in [1.165, 1.54) is 0 Å². The molecule has 0 saturated heterocycles. The Kier molecular flexibility index (Phi) is 4.95. The van der Waals surface area contributed by atoms with Crippen LogP contribution in [-0.4, -0.2) is 30.0 Å². The van der Waals surface area contributed by atoms with E-state index in [0.29, 0.717) is 6.54 Å². The summed E-state index contributed by atoms with van der Waals surface area (Å²) in [6, 6.07) is 0. The van der Waals surface area contributed by atoms with Crippen LogP contribution in [0.1, 0.15) is 0 Å². The predicted octanol–water partition coefficient (Wildman–Crippen LogP) is -0.666. The third-order valence-electron chi connectivity index (χ3n) is 0.553. The van der Waals surface area contributed by atoms with Crippen molar-refractivity contribution in [1.82, 2.24) is 5.32 Å². The summed E-state index contributed by atoms with van der Waals surface area (Å²) in [6.07, 6.45) is 0. The van der Waals surface area contributed by atoms with Crippen LogP contribution in [0.2, 0.25) is 0 Å². The summed E-state index contributed by atoms with van der Waals surface area (Å²) in [5.41, 5.74) is 0. The number of aliphatic hydroxyl groups excluding tert-OH is 1. The van der Waals surface area contributed by atoms with Gasteiger partial charge in [-0.3, -0.25) is 4.79 Å². The maximum Gasteiger partial charge on any atom is 0.235 e. The summed E-state index contributed by atoms with van der Waals surface area (Å²) in [5, 5.41) is 10.3. The predicted molar refractivity (Wildman–Crippen MR) is 30.8 cm³/mol. The molecule has 0 amide bonds. The molecule has 0 atom stereocenters. The largest absolute Gasteiger partial charge is 0.395 e. The molecule has 0 fully saturated rings. The van der Waals surface area contributed by atoms with Crippen molar-refractivity contribution in [3.05, 3.63) is 0 Å². The highest BCUT2D eigenvalue weighted by molar-refractivity contribution is 6.64. The van der Waals surface area contributed by atoms with Crippen LogP contribution >= 0.6 is 11.6 Å². The topological polar surface area (TPSA) is 49.3 Å². The zero-order chi connectivity index (χ0) is 6.41. The molecule has 0 aliphatic heterocycles. The van der Waals surface area contributed by atoms with Gasteiger partial charge in [-0.05, 0) is 11.6 Å². The first-order chi connectivity index (χ1) is 3.77. The van der Waals surface area contributed by atoms with E-state index < -0.39 is 5.24 Å². The smallest absolute Gasteiger partial charge is 0.235 e. The van der Waals surface area contributed by atoms with Gasteiger partial charge in [-0.1, -0.05) is 0 Å². The molecule has 0 rings (SSSR count). The van der Waals surface area contributed by atoms with Crippen LogP contribution in [0.3, 0.4) is 0 Å². The minimum Gasteiger partial charge on any atom is -0.395 e. The first kappa shape index (κ1) is 7.88. The molecule has 3 nitrogen and oxygen atoms in total. The SMILES string of the molecule is O=C(Cl)CNCCO. The third kappa shape index (κ3) is 5.88. The lowest BCUT2D eigenvalue weighted by Gasteiger charge is -1.93. The second-order valence-corrected chi connectivity index (χ2v) is 1.68. The highest BCUT2D eigenvalue weighted by atomic mass is 35.5. The summed E-state index contributed by atoms with van der Waals surface area (Å²) in [5.74, 6) is 0. The summed E-state index contributed by atoms with van der Waals surface area (Å²) in [6.45, 7) is 0.574. The van der Waals surface area contributed by atoms with Crippen LogP contribution < -0.4 is 5.32 Å². The molecule has 0 heterocycles. The van der Waals surface area contributed by atoms with Crippen LogP contribution in [0.15, 0.2) is 0 Å². The van der Waals surface area contributed by atoms with Crippen LogP contribution in [0, 0.1) is 0 Å². The molecular weight excluding hydrogens is 130 g/mol. The Morgan fingerprint density at radius 3 is 2.75 bits per heavy atom. The molecule has 0 saturated carbocycles. The number of nitrogens with one attached hydrogen (secondary N) is 1. The zero-order valence-corrected chi connectivity index (χ0v) is 5.11. The number of hydrogen-bond donors (Lipinski definition) is 2. The zero-order valence-electron chi connectivity index (χ0n) is 4.35. The number of halogens is 1. The lowest BCUT2D eigenvalue weighted by molar-refractivity contribution is -0.110. The summed E-state index contributed by atoms with van der Waals surface area (Å²) >= 11 is 4.93. The van der Waals surface area contributed by atoms with Crippen molar-refractivity contribution < 1.29 is 9.90 Å². The molecule has 0 bridgehead atoms. The molecule has 0 aromatic heterocycles.